The van der Waals surface area contributed by atoms with Crippen LogP contribution in [0.25, 0.3) is 0 Å². The summed E-state index contributed by atoms with van der Waals surface area (Å²) >= 11 is 0. The monoisotopic (exact) mass is 246 g/mol. The summed E-state index contributed by atoms with van der Waals surface area (Å²) < 4.78 is 0. The molecule has 1 fully saturated rings. The fourth-order valence-corrected chi connectivity index (χ4v) is 2.67. The van der Waals surface area contributed by atoms with Gasteiger partial charge in [-0.3, -0.25) is 0 Å². The Hall–Kier alpha value is -1.02. The van der Waals surface area contributed by atoms with Crippen LogP contribution in [0.3, 0.4) is 0 Å². The molecule has 0 saturated carbocycles. The van der Waals surface area contributed by atoms with Gasteiger partial charge in [-0.1, -0.05) is 19.1 Å². The van der Waals surface area contributed by atoms with Crippen LogP contribution < -0.4 is 10.2 Å². The maximum atomic E-state index is 3.70. The van der Waals surface area contributed by atoms with E-state index < -0.39 is 0 Å². The minimum absolute atomic E-state index is 0.215. The fraction of sp³-hybridized carbons (Fsp3) is 0.625. The van der Waals surface area contributed by atoms with E-state index in [-0.39, 0.29) is 5.54 Å². The van der Waals surface area contributed by atoms with Crippen LogP contribution in [0.1, 0.15) is 39.7 Å². The lowest BCUT2D eigenvalue weighted by molar-refractivity contribution is 0.373. The molecule has 2 rings (SSSR count). The number of aryl methyl sites for hydroxylation is 1. The quantitative estimate of drug-likeness (QED) is 0.881. The van der Waals surface area contributed by atoms with Crippen LogP contribution >= 0.6 is 0 Å². The van der Waals surface area contributed by atoms with Crippen molar-refractivity contribution < 1.29 is 0 Å². The van der Waals surface area contributed by atoms with Gasteiger partial charge in [-0.15, -0.1) is 0 Å². The summed E-state index contributed by atoms with van der Waals surface area (Å²) in [6.07, 6.45) is 2.36. The molecule has 0 amide bonds. The molecule has 1 aromatic carbocycles. The van der Waals surface area contributed by atoms with Crippen LogP contribution in [-0.4, -0.2) is 24.7 Å². The lowest BCUT2D eigenvalue weighted by Crippen LogP contribution is -2.44. The fourth-order valence-electron chi connectivity index (χ4n) is 2.67. The standard InChI is InChI=1S/C16H26N2/c1-5-13-6-8-15(9-7-13)18-11-10-14(12-18)17-16(2,3)4/h6-9,14,17H,5,10-12H2,1-4H3/t14-/m0/s1. The summed E-state index contributed by atoms with van der Waals surface area (Å²) in [5.41, 5.74) is 3.00. The van der Waals surface area contributed by atoms with Gasteiger partial charge in [-0.2, -0.15) is 0 Å². The van der Waals surface area contributed by atoms with Gasteiger partial charge in [0.05, 0.1) is 0 Å². The molecular formula is C16H26N2. The molecule has 1 heterocycles. The highest BCUT2D eigenvalue weighted by Crippen LogP contribution is 2.22. The van der Waals surface area contributed by atoms with Crippen molar-refractivity contribution in [3.05, 3.63) is 29.8 Å². The maximum absolute atomic E-state index is 3.70. The Morgan fingerprint density at radius 1 is 1.22 bits per heavy atom. The van der Waals surface area contributed by atoms with Crippen molar-refractivity contribution in [1.82, 2.24) is 5.32 Å². The van der Waals surface area contributed by atoms with Crippen molar-refractivity contribution in [1.29, 1.82) is 0 Å². The first kappa shape index (κ1) is 13.4. The van der Waals surface area contributed by atoms with Gasteiger partial charge in [-0.05, 0) is 51.3 Å². The van der Waals surface area contributed by atoms with Gasteiger partial charge >= 0.3 is 0 Å². The van der Waals surface area contributed by atoms with E-state index in [0.29, 0.717) is 6.04 Å². The van der Waals surface area contributed by atoms with Gasteiger partial charge in [-0.25, -0.2) is 0 Å². The third-order valence-corrected chi connectivity index (χ3v) is 3.54. The first-order valence-corrected chi connectivity index (χ1v) is 7.09. The molecular weight excluding hydrogens is 220 g/mol. The van der Waals surface area contributed by atoms with Crippen LogP contribution in [0.4, 0.5) is 5.69 Å². The van der Waals surface area contributed by atoms with E-state index >= 15 is 0 Å². The van der Waals surface area contributed by atoms with E-state index in [1.165, 1.54) is 24.2 Å². The molecule has 1 N–H and O–H groups in total. The Morgan fingerprint density at radius 3 is 2.44 bits per heavy atom. The van der Waals surface area contributed by atoms with Gasteiger partial charge < -0.3 is 10.2 Å². The van der Waals surface area contributed by atoms with Gasteiger partial charge in [0, 0.05) is 30.4 Å². The summed E-state index contributed by atoms with van der Waals surface area (Å²) in [6, 6.07) is 9.65. The summed E-state index contributed by atoms with van der Waals surface area (Å²) in [5, 5.41) is 3.70. The van der Waals surface area contributed by atoms with E-state index in [2.05, 4.69) is 62.2 Å². The summed E-state index contributed by atoms with van der Waals surface area (Å²) in [7, 11) is 0. The van der Waals surface area contributed by atoms with Gasteiger partial charge in [0.15, 0.2) is 0 Å². The topological polar surface area (TPSA) is 15.3 Å². The number of nitrogens with zero attached hydrogens (tertiary/aromatic N) is 1. The molecule has 100 valence electrons. The smallest absolute Gasteiger partial charge is 0.0366 e. The van der Waals surface area contributed by atoms with Crippen LogP contribution in [-0.2, 0) is 6.42 Å². The lowest BCUT2D eigenvalue weighted by atomic mass is 10.1. The predicted octanol–water partition coefficient (Wildman–Crippen LogP) is 3.22. The van der Waals surface area contributed by atoms with Crippen molar-refractivity contribution in [3.63, 3.8) is 0 Å². The van der Waals surface area contributed by atoms with Gasteiger partial charge in [0.1, 0.15) is 0 Å². The number of benzene rings is 1. The van der Waals surface area contributed by atoms with Crippen LogP contribution in [0.5, 0.6) is 0 Å². The molecule has 0 aromatic heterocycles. The second kappa shape index (κ2) is 5.31. The summed E-state index contributed by atoms with van der Waals surface area (Å²) in [5.74, 6) is 0. The average Bonchev–Trinajstić information content (AvgIpc) is 2.75. The van der Waals surface area contributed by atoms with Gasteiger partial charge in [0.2, 0.25) is 0 Å². The molecule has 0 aliphatic carbocycles. The lowest BCUT2D eigenvalue weighted by Gasteiger charge is -2.26. The molecule has 1 aromatic rings. The number of hydrogen-bond acceptors (Lipinski definition) is 2. The van der Waals surface area contributed by atoms with Crippen LogP contribution in [0, 0.1) is 0 Å². The van der Waals surface area contributed by atoms with Crippen molar-refractivity contribution in [2.45, 2.75) is 52.1 Å². The molecule has 18 heavy (non-hydrogen) atoms. The van der Waals surface area contributed by atoms with E-state index in [1.54, 1.807) is 0 Å². The Bertz CT molecular complexity index is 375. The van der Waals surface area contributed by atoms with Crippen molar-refractivity contribution in [3.8, 4) is 0 Å². The number of anilines is 1. The Labute approximate surface area is 111 Å². The third-order valence-electron chi connectivity index (χ3n) is 3.54. The van der Waals surface area contributed by atoms with Crippen molar-refractivity contribution in [2.24, 2.45) is 0 Å². The van der Waals surface area contributed by atoms with E-state index in [0.717, 1.165) is 13.0 Å². The summed E-state index contributed by atoms with van der Waals surface area (Å²) in [4.78, 5) is 2.49. The normalized spacial score (nSPS) is 20.4. The van der Waals surface area contributed by atoms with Crippen molar-refractivity contribution >= 4 is 5.69 Å². The highest BCUT2D eigenvalue weighted by Gasteiger charge is 2.25. The second-order valence-electron chi connectivity index (χ2n) is 6.35. The van der Waals surface area contributed by atoms with E-state index in [1.807, 2.05) is 0 Å². The molecule has 0 radical (unpaired) electrons. The summed E-state index contributed by atoms with van der Waals surface area (Å²) in [6.45, 7) is 11.2. The average molecular weight is 246 g/mol. The first-order chi connectivity index (χ1) is 8.48. The highest BCUT2D eigenvalue weighted by atomic mass is 15.2. The zero-order valence-electron chi connectivity index (χ0n) is 12.2. The molecule has 0 spiro atoms. The second-order valence-corrected chi connectivity index (χ2v) is 6.35. The molecule has 0 bridgehead atoms. The Balaban J connectivity index is 1.95. The molecule has 0 unspecified atom stereocenters. The van der Waals surface area contributed by atoms with E-state index in [9.17, 15) is 0 Å². The maximum Gasteiger partial charge on any atom is 0.0366 e. The molecule has 1 atom stereocenters. The Kier molecular flexibility index (Phi) is 3.96. The third kappa shape index (κ3) is 3.49. The minimum Gasteiger partial charge on any atom is -0.370 e. The first-order valence-electron chi connectivity index (χ1n) is 7.09. The minimum atomic E-state index is 0.215. The molecule has 1 aliphatic rings. The SMILES string of the molecule is CCc1ccc(N2CC[C@H](NC(C)(C)C)C2)cc1. The molecule has 1 saturated heterocycles. The van der Waals surface area contributed by atoms with Gasteiger partial charge in [0.25, 0.3) is 0 Å². The van der Waals surface area contributed by atoms with Crippen LogP contribution in [0.15, 0.2) is 24.3 Å². The largest absolute Gasteiger partial charge is 0.370 e. The molecule has 1 aliphatic heterocycles. The highest BCUT2D eigenvalue weighted by molar-refractivity contribution is 5.48. The zero-order chi connectivity index (χ0) is 13.2. The number of nitrogens with one attached hydrogen (secondary N) is 1. The number of hydrogen-bond donors (Lipinski definition) is 1. The van der Waals surface area contributed by atoms with Crippen molar-refractivity contribution in [2.75, 3.05) is 18.0 Å². The zero-order valence-corrected chi connectivity index (χ0v) is 12.2. The molecule has 2 heteroatoms. The van der Waals surface area contributed by atoms with Crippen LogP contribution in [0.2, 0.25) is 0 Å². The number of rotatable bonds is 3. The molecule has 2 nitrogen and oxygen atoms in total. The predicted molar refractivity (Wildman–Crippen MR) is 79.3 cm³/mol. The Morgan fingerprint density at radius 2 is 1.89 bits per heavy atom. The van der Waals surface area contributed by atoms with E-state index in [4.69, 9.17) is 0 Å².